The van der Waals surface area contributed by atoms with E-state index >= 15 is 0 Å². The largest absolute Gasteiger partial charge is 0.378 e. The third kappa shape index (κ3) is 4.65. The van der Waals surface area contributed by atoms with Crippen molar-refractivity contribution < 1.29 is 17.5 Å². The van der Waals surface area contributed by atoms with Crippen LogP contribution in [0.5, 0.6) is 0 Å². The summed E-state index contributed by atoms with van der Waals surface area (Å²) in [6.45, 7) is 2.31. The van der Waals surface area contributed by atoms with Gasteiger partial charge in [-0.15, -0.1) is 0 Å². The van der Waals surface area contributed by atoms with Crippen LogP contribution in [0.3, 0.4) is 0 Å². The molecule has 0 atom stereocenters. The third-order valence-electron chi connectivity index (χ3n) is 4.73. The molecule has 3 heterocycles. The van der Waals surface area contributed by atoms with Crippen LogP contribution < -0.4 is 10.3 Å². The number of nitrogens with one attached hydrogen (secondary N) is 1. The molecule has 1 saturated heterocycles. The normalized spacial score (nSPS) is 18.6. The minimum absolute atomic E-state index is 0.0538. The van der Waals surface area contributed by atoms with Crippen molar-refractivity contribution in [3.63, 3.8) is 0 Å². The molecule has 11 heteroatoms. The molecule has 2 aromatic rings. The lowest BCUT2D eigenvalue weighted by Crippen LogP contribution is -2.38. The van der Waals surface area contributed by atoms with Crippen LogP contribution in [0, 0.1) is 5.82 Å². The topological polar surface area (TPSA) is 96.8 Å². The van der Waals surface area contributed by atoms with Gasteiger partial charge in [-0.25, -0.2) is 23.2 Å². The molecule has 0 saturated carbocycles. The highest BCUT2D eigenvalue weighted by molar-refractivity contribution is 7.90. The van der Waals surface area contributed by atoms with Crippen LogP contribution in [0.15, 0.2) is 23.3 Å². The van der Waals surface area contributed by atoms with Gasteiger partial charge in [0.25, 0.3) is 0 Å². The quantitative estimate of drug-likeness (QED) is 0.575. The Kier molecular flexibility index (Phi) is 5.66. The monoisotopic (exact) mass is 439 g/mol. The molecule has 0 spiro atoms. The van der Waals surface area contributed by atoms with E-state index in [0.717, 1.165) is 0 Å². The predicted molar refractivity (Wildman–Crippen MR) is 109 cm³/mol. The van der Waals surface area contributed by atoms with E-state index in [4.69, 9.17) is 16.3 Å². The SMILES string of the molecule is O=S1(=O)CCc2nc(N/N=C/c3ccc(Cl)cc3F)nc(N3CCOCC3)c2C1. The van der Waals surface area contributed by atoms with Crippen molar-refractivity contribution in [2.24, 2.45) is 5.10 Å². The molecule has 29 heavy (non-hydrogen) atoms. The van der Waals surface area contributed by atoms with Gasteiger partial charge < -0.3 is 9.64 Å². The molecule has 1 fully saturated rings. The van der Waals surface area contributed by atoms with Gasteiger partial charge in [-0.1, -0.05) is 11.6 Å². The fourth-order valence-corrected chi connectivity index (χ4v) is 4.81. The first-order valence-corrected chi connectivity index (χ1v) is 11.3. The van der Waals surface area contributed by atoms with Crippen molar-refractivity contribution in [2.75, 3.05) is 42.4 Å². The highest BCUT2D eigenvalue weighted by atomic mass is 35.5. The van der Waals surface area contributed by atoms with Crippen molar-refractivity contribution >= 4 is 39.4 Å². The zero-order valence-corrected chi connectivity index (χ0v) is 17.0. The number of halogens is 2. The van der Waals surface area contributed by atoms with E-state index in [2.05, 4.69) is 20.5 Å². The van der Waals surface area contributed by atoms with Gasteiger partial charge in [0.1, 0.15) is 11.6 Å². The number of hydrazone groups is 1. The number of ether oxygens (including phenoxy) is 1. The molecule has 1 aromatic heterocycles. The summed E-state index contributed by atoms with van der Waals surface area (Å²) >= 11 is 5.75. The number of anilines is 2. The average molecular weight is 440 g/mol. The molecule has 1 aromatic carbocycles. The fraction of sp³-hybridized carbons (Fsp3) is 0.389. The summed E-state index contributed by atoms with van der Waals surface area (Å²) in [4.78, 5) is 10.9. The standard InChI is InChI=1S/C18H19ClFN5O3S/c19-13-2-1-12(15(20)9-13)10-21-24-18-22-16-3-8-29(26,27)11-14(16)17(23-18)25-4-6-28-7-5-25/h1-2,9-10H,3-8,11H2,(H,22,23,24)/b21-10+. The smallest absolute Gasteiger partial charge is 0.245 e. The second-order valence-corrected chi connectivity index (χ2v) is 9.39. The molecule has 2 aliphatic heterocycles. The Morgan fingerprint density at radius 1 is 1.28 bits per heavy atom. The van der Waals surface area contributed by atoms with Crippen molar-refractivity contribution in [1.82, 2.24) is 9.97 Å². The lowest BCUT2D eigenvalue weighted by molar-refractivity contribution is 0.122. The van der Waals surface area contributed by atoms with Crippen LogP contribution in [-0.4, -0.2) is 56.7 Å². The summed E-state index contributed by atoms with van der Waals surface area (Å²) in [5.74, 6) is 0.299. The summed E-state index contributed by atoms with van der Waals surface area (Å²) in [5.41, 5.74) is 4.31. The Bertz CT molecular complexity index is 1060. The molecule has 0 bridgehead atoms. The molecule has 0 aliphatic carbocycles. The van der Waals surface area contributed by atoms with Gasteiger partial charge in [-0.05, 0) is 18.2 Å². The summed E-state index contributed by atoms with van der Waals surface area (Å²) in [6.07, 6.45) is 1.63. The number of sulfone groups is 1. The maximum Gasteiger partial charge on any atom is 0.245 e. The summed E-state index contributed by atoms with van der Waals surface area (Å²) < 4.78 is 43.5. The minimum Gasteiger partial charge on any atom is -0.378 e. The second kappa shape index (κ2) is 8.21. The third-order valence-corrected chi connectivity index (χ3v) is 6.52. The second-order valence-electron chi connectivity index (χ2n) is 6.77. The van der Waals surface area contributed by atoms with Crippen molar-refractivity contribution in [3.8, 4) is 0 Å². The number of nitrogens with zero attached hydrogens (tertiary/aromatic N) is 4. The van der Waals surface area contributed by atoms with E-state index in [1.165, 1.54) is 18.3 Å². The van der Waals surface area contributed by atoms with Gasteiger partial charge in [0.15, 0.2) is 9.84 Å². The summed E-state index contributed by atoms with van der Waals surface area (Å²) in [5, 5.41) is 4.32. The van der Waals surface area contributed by atoms with E-state index in [9.17, 15) is 12.8 Å². The Labute approximate surface area is 172 Å². The highest BCUT2D eigenvalue weighted by Gasteiger charge is 2.29. The van der Waals surface area contributed by atoms with Crippen LogP contribution in [0.4, 0.5) is 16.2 Å². The minimum atomic E-state index is -3.17. The van der Waals surface area contributed by atoms with Crippen LogP contribution in [0.2, 0.25) is 5.02 Å². The van der Waals surface area contributed by atoms with Crippen molar-refractivity contribution in [2.45, 2.75) is 12.2 Å². The Balaban J connectivity index is 1.63. The van der Waals surface area contributed by atoms with Crippen molar-refractivity contribution in [1.29, 1.82) is 0 Å². The number of hydrogen-bond donors (Lipinski definition) is 1. The lowest BCUT2D eigenvalue weighted by Gasteiger charge is -2.31. The number of aryl methyl sites for hydroxylation is 1. The van der Waals surface area contributed by atoms with Gasteiger partial charge in [0.05, 0.1) is 36.6 Å². The molecular weight excluding hydrogens is 421 g/mol. The van der Waals surface area contributed by atoms with Gasteiger partial charge in [0, 0.05) is 35.7 Å². The molecular formula is C18H19ClFN5O3S. The first kappa shape index (κ1) is 20.0. The Hall–Kier alpha value is -2.30. The first-order valence-electron chi connectivity index (χ1n) is 9.08. The van der Waals surface area contributed by atoms with E-state index in [1.807, 2.05) is 4.90 Å². The zero-order chi connectivity index (χ0) is 20.4. The lowest BCUT2D eigenvalue weighted by atomic mass is 10.1. The van der Waals surface area contributed by atoms with Crippen LogP contribution >= 0.6 is 11.6 Å². The van der Waals surface area contributed by atoms with Gasteiger partial charge in [-0.3, -0.25) is 0 Å². The van der Waals surface area contributed by atoms with Gasteiger partial charge in [-0.2, -0.15) is 10.1 Å². The molecule has 0 amide bonds. The molecule has 8 nitrogen and oxygen atoms in total. The number of fused-ring (bicyclic) bond motifs is 1. The Morgan fingerprint density at radius 3 is 2.83 bits per heavy atom. The van der Waals surface area contributed by atoms with E-state index in [-0.39, 0.29) is 23.0 Å². The fourth-order valence-electron chi connectivity index (χ4n) is 3.27. The van der Waals surface area contributed by atoms with Crippen LogP contribution in [0.1, 0.15) is 16.8 Å². The van der Waals surface area contributed by atoms with E-state index in [1.54, 1.807) is 6.07 Å². The van der Waals surface area contributed by atoms with E-state index < -0.39 is 15.7 Å². The van der Waals surface area contributed by atoms with Crippen LogP contribution in [-0.2, 0) is 26.7 Å². The molecule has 4 rings (SSSR count). The molecule has 154 valence electrons. The predicted octanol–water partition coefficient (Wildman–Crippen LogP) is 2.02. The number of benzene rings is 1. The first-order chi connectivity index (χ1) is 13.9. The van der Waals surface area contributed by atoms with Gasteiger partial charge >= 0.3 is 0 Å². The zero-order valence-electron chi connectivity index (χ0n) is 15.4. The number of aromatic nitrogens is 2. The number of hydrogen-bond acceptors (Lipinski definition) is 8. The molecule has 1 N–H and O–H groups in total. The summed E-state index contributed by atoms with van der Waals surface area (Å²) in [6, 6.07) is 4.29. The van der Waals surface area contributed by atoms with Gasteiger partial charge in [0.2, 0.25) is 5.95 Å². The maximum absolute atomic E-state index is 13.9. The van der Waals surface area contributed by atoms with Crippen molar-refractivity contribution in [3.05, 3.63) is 45.9 Å². The summed E-state index contributed by atoms with van der Waals surface area (Å²) in [7, 11) is -3.17. The molecule has 0 unspecified atom stereocenters. The van der Waals surface area contributed by atoms with Crippen LogP contribution in [0.25, 0.3) is 0 Å². The number of rotatable bonds is 4. The average Bonchev–Trinajstić information content (AvgIpc) is 2.69. The maximum atomic E-state index is 13.9. The molecule has 2 aliphatic rings. The van der Waals surface area contributed by atoms with E-state index in [0.29, 0.717) is 54.8 Å². The highest BCUT2D eigenvalue weighted by Crippen LogP contribution is 2.29. The molecule has 0 radical (unpaired) electrons. The Morgan fingerprint density at radius 2 is 2.07 bits per heavy atom. The number of morpholine rings is 1.